The number of benzene rings is 1. The van der Waals surface area contributed by atoms with Gasteiger partial charge in [0.15, 0.2) is 0 Å². The third-order valence-electron chi connectivity index (χ3n) is 3.40. The Morgan fingerprint density at radius 3 is 2.63 bits per heavy atom. The van der Waals surface area contributed by atoms with Crippen molar-refractivity contribution in [1.29, 1.82) is 0 Å². The van der Waals surface area contributed by atoms with Gasteiger partial charge < -0.3 is 5.73 Å². The molecule has 2 rings (SSSR count). The van der Waals surface area contributed by atoms with Crippen LogP contribution in [0.2, 0.25) is 0 Å². The molecule has 0 bridgehead atoms. The Hall–Kier alpha value is -1.13. The lowest BCUT2D eigenvalue weighted by Crippen LogP contribution is -2.20. The number of nitrogens with zero attached hydrogens (tertiary/aromatic N) is 2. The molecule has 0 saturated carbocycles. The molecule has 0 saturated heterocycles. The van der Waals surface area contributed by atoms with Crippen LogP contribution in [-0.4, -0.2) is 16.3 Å². The van der Waals surface area contributed by atoms with Gasteiger partial charge in [0.25, 0.3) is 0 Å². The van der Waals surface area contributed by atoms with E-state index in [4.69, 9.17) is 5.73 Å². The summed E-state index contributed by atoms with van der Waals surface area (Å²) in [5.74, 6) is 0.438. The van der Waals surface area contributed by atoms with E-state index in [1.165, 1.54) is 11.3 Å². The van der Waals surface area contributed by atoms with Crippen LogP contribution in [0.1, 0.15) is 17.0 Å². The van der Waals surface area contributed by atoms with Gasteiger partial charge in [0.2, 0.25) is 0 Å². The van der Waals surface area contributed by atoms with Crippen molar-refractivity contribution in [1.82, 2.24) is 9.78 Å². The Labute approximate surface area is 122 Å². The summed E-state index contributed by atoms with van der Waals surface area (Å²) in [5, 5.41) is 4.39. The van der Waals surface area contributed by atoms with Gasteiger partial charge in [-0.3, -0.25) is 4.68 Å². The van der Waals surface area contributed by atoms with Crippen LogP contribution in [0.4, 0.5) is 0 Å². The summed E-state index contributed by atoms with van der Waals surface area (Å²) >= 11 is 3.60. The van der Waals surface area contributed by atoms with Crippen molar-refractivity contribution in [3.63, 3.8) is 0 Å². The first kappa shape index (κ1) is 14.3. The van der Waals surface area contributed by atoms with Gasteiger partial charge in [0.1, 0.15) is 0 Å². The third kappa shape index (κ3) is 3.67. The molecule has 1 heterocycles. The zero-order valence-electron chi connectivity index (χ0n) is 11.4. The predicted molar refractivity (Wildman–Crippen MR) is 82.0 cm³/mol. The molecule has 0 radical (unpaired) electrons. The summed E-state index contributed by atoms with van der Waals surface area (Å²) in [7, 11) is 1.99. The maximum atomic E-state index is 5.93. The Kier molecular flexibility index (Phi) is 4.77. The highest BCUT2D eigenvalue weighted by atomic mass is 79.9. The molecular formula is C15H20BrN3. The maximum absolute atomic E-state index is 5.93. The lowest BCUT2D eigenvalue weighted by Gasteiger charge is -2.15. The van der Waals surface area contributed by atoms with Crippen LogP contribution in [0.25, 0.3) is 0 Å². The summed E-state index contributed by atoms with van der Waals surface area (Å²) in [6, 6.07) is 10.5. The maximum Gasteiger partial charge on any atom is 0.0596 e. The quantitative estimate of drug-likeness (QED) is 0.920. The van der Waals surface area contributed by atoms with Crippen LogP contribution in [0, 0.1) is 12.8 Å². The van der Waals surface area contributed by atoms with E-state index in [1.54, 1.807) is 0 Å². The van der Waals surface area contributed by atoms with Crippen molar-refractivity contribution < 1.29 is 0 Å². The first-order chi connectivity index (χ1) is 9.10. The first-order valence-corrected chi connectivity index (χ1v) is 7.32. The summed E-state index contributed by atoms with van der Waals surface area (Å²) in [5.41, 5.74) is 9.56. The molecule has 0 aliphatic heterocycles. The minimum atomic E-state index is 0.438. The molecule has 0 amide bonds. The number of hydrogen-bond acceptors (Lipinski definition) is 2. The second kappa shape index (κ2) is 6.35. The van der Waals surface area contributed by atoms with Crippen molar-refractivity contribution in [3.05, 3.63) is 51.8 Å². The van der Waals surface area contributed by atoms with Crippen LogP contribution < -0.4 is 5.73 Å². The first-order valence-electron chi connectivity index (χ1n) is 6.53. The molecule has 2 N–H and O–H groups in total. The van der Waals surface area contributed by atoms with Gasteiger partial charge in [-0.25, -0.2) is 0 Å². The van der Waals surface area contributed by atoms with E-state index in [0.717, 1.165) is 23.0 Å². The molecule has 3 nitrogen and oxygen atoms in total. The molecule has 1 aromatic heterocycles. The molecule has 1 unspecified atom stereocenters. The van der Waals surface area contributed by atoms with Gasteiger partial charge in [-0.2, -0.15) is 5.10 Å². The Bertz CT molecular complexity index is 548. The summed E-state index contributed by atoms with van der Waals surface area (Å²) in [4.78, 5) is 0. The molecule has 19 heavy (non-hydrogen) atoms. The number of hydrogen-bond donors (Lipinski definition) is 1. The summed E-state index contributed by atoms with van der Waals surface area (Å²) in [6.45, 7) is 2.71. The van der Waals surface area contributed by atoms with E-state index in [-0.39, 0.29) is 0 Å². The SMILES string of the molecule is Cc1cc(CC(CN)Cc2ccccc2Br)n(C)n1. The zero-order chi connectivity index (χ0) is 13.8. The van der Waals surface area contributed by atoms with E-state index >= 15 is 0 Å². The second-order valence-corrected chi connectivity index (χ2v) is 5.86. The summed E-state index contributed by atoms with van der Waals surface area (Å²) in [6.07, 6.45) is 1.96. The number of nitrogens with two attached hydrogens (primary N) is 1. The molecule has 0 aliphatic rings. The minimum Gasteiger partial charge on any atom is -0.330 e. The molecule has 102 valence electrons. The molecule has 2 aromatic rings. The molecule has 0 aliphatic carbocycles. The molecule has 0 spiro atoms. The topological polar surface area (TPSA) is 43.8 Å². The predicted octanol–water partition coefficient (Wildman–Crippen LogP) is 2.85. The average Bonchev–Trinajstić information content (AvgIpc) is 2.69. The highest BCUT2D eigenvalue weighted by Crippen LogP contribution is 2.21. The number of aromatic nitrogens is 2. The highest BCUT2D eigenvalue weighted by Gasteiger charge is 2.13. The van der Waals surface area contributed by atoms with Gasteiger partial charge in [-0.15, -0.1) is 0 Å². The smallest absolute Gasteiger partial charge is 0.0596 e. The van der Waals surface area contributed by atoms with E-state index in [2.05, 4.69) is 45.3 Å². The standard InChI is InChI=1S/C15H20BrN3/c1-11-7-14(19(2)18-11)9-12(10-17)8-13-5-3-4-6-15(13)16/h3-7,12H,8-10,17H2,1-2H3. The fourth-order valence-corrected chi connectivity index (χ4v) is 2.81. The van der Waals surface area contributed by atoms with Crippen LogP contribution >= 0.6 is 15.9 Å². The van der Waals surface area contributed by atoms with E-state index < -0.39 is 0 Å². The van der Waals surface area contributed by atoms with Crippen molar-refractivity contribution in [2.45, 2.75) is 19.8 Å². The van der Waals surface area contributed by atoms with Gasteiger partial charge in [-0.05, 0) is 49.9 Å². The van der Waals surface area contributed by atoms with E-state index in [1.807, 2.05) is 24.7 Å². The van der Waals surface area contributed by atoms with Crippen LogP contribution in [0.15, 0.2) is 34.8 Å². The van der Waals surface area contributed by atoms with E-state index in [0.29, 0.717) is 12.5 Å². The van der Waals surface area contributed by atoms with Crippen molar-refractivity contribution >= 4 is 15.9 Å². The number of rotatable bonds is 5. The van der Waals surface area contributed by atoms with Gasteiger partial charge in [0, 0.05) is 17.2 Å². The number of halogens is 1. The minimum absolute atomic E-state index is 0.438. The Balaban J connectivity index is 2.09. The normalized spacial score (nSPS) is 12.6. The van der Waals surface area contributed by atoms with Gasteiger partial charge in [0.05, 0.1) is 5.69 Å². The van der Waals surface area contributed by atoms with Crippen molar-refractivity contribution in [2.24, 2.45) is 18.7 Å². The van der Waals surface area contributed by atoms with Crippen LogP contribution in [0.3, 0.4) is 0 Å². The summed E-state index contributed by atoms with van der Waals surface area (Å²) < 4.78 is 3.12. The Morgan fingerprint density at radius 1 is 1.32 bits per heavy atom. The van der Waals surface area contributed by atoms with Crippen LogP contribution in [-0.2, 0) is 19.9 Å². The highest BCUT2D eigenvalue weighted by molar-refractivity contribution is 9.10. The van der Waals surface area contributed by atoms with Crippen molar-refractivity contribution in [2.75, 3.05) is 6.54 Å². The number of aryl methyl sites for hydroxylation is 2. The fraction of sp³-hybridized carbons (Fsp3) is 0.400. The molecule has 0 fully saturated rings. The molecular weight excluding hydrogens is 302 g/mol. The second-order valence-electron chi connectivity index (χ2n) is 5.00. The Morgan fingerprint density at radius 2 is 2.05 bits per heavy atom. The largest absolute Gasteiger partial charge is 0.330 e. The lowest BCUT2D eigenvalue weighted by molar-refractivity contribution is 0.510. The van der Waals surface area contributed by atoms with Gasteiger partial charge in [-0.1, -0.05) is 34.1 Å². The zero-order valence-corrected chi connectivity index (χ0v) is 13.0. The lowest BCUT2D eigenvalue weighted by atomic mass is 9.95. The van der Waals surface area contributed by atoms with Crippen LogP contribution in [0.5, 0.6) is 0 Å². The molecule has 1 atom stereocenters. The third-order valence-corrected chi connectivity index (χ3v) is 4.17. The molecule has 4 heteroatoms. The van der Waals surface area contributed by atoms with E-state index in [9.17, 15) is 0 Å². The van der Waals surface area contributed by atoms with Gasteiger partial charge >= 0.3 is 0 Å². The average molecular weight is 322 g/mol. The van der Waals surface area contributed by atoms with Crippen molar-refractivity contribution in [3.8, 4) is 0 Å². The molecule has 1 aromatic carbocycles. The fourth-order valence-electron chi connectivity index (χ4n) is 2.36. The monoisotopic (exact) mass is 321 g/mol.